The van der Waals surface area contributed by atoms with Gasteiger partial charge >= 0.3 is 0 Å². The Kier molecular flexibility index (Phi) is 6.67. The summed E-state index contributed by atoms with van der Waals surface area (Å²) in [6.07, 6.45) is 0. The molecule has 1 heterocycles. The normalized spacial score (nSPS) is 10.4. The van der Waals surface area contributed by atoms with Gasteiger partial charge in [0, 0.05) is 18.2 Å². The molecule has 0 radical (unpaired) electrons. The van der Waals surface area contributed by atoms with E-state index in [0.29, 0.717) is 29.8 Å². The number of rotatable bonds is 9. The predicted molar refractivity (Wildman–Crippen MR) is 106 cm³/mol. The third kappa shape index (κ3) is 5.25. The van der Waals surface area contributed by atoms with Gasteiger partial charge in [-0.3, -0.25) is 4.79 Å². The second kappa shape index (κ2) is 9.59. The van der Waals surface area contributed by atoms with E-state index < -0.39 is 0 Å². The topological polar surface area (TPSA) is 86.9 Å². The highest BCUT2D eigenvalue weighted by molar-refractivity contribution is 5.77. The van der Waals surface area contributed by atoms with Crippen molar-refractivity contribution in [3.05, 3.63) is 54.4 Å². The Morgan fingerprint density at radius 1 is 1.03 bits per heavy atom. The molecule has 8 heteroatoms. The molecule has 3 aromatic rings. The van der Waals surface area contributed by atoms with Crippen LogP contribution < -0.4 is 14.2 Å². The van der Waals surface area contributed by atoms with Crippen LogP contribution in [0.25, 0.3) is 11.4 Å². The number of benzene rings is 2. The smallest absolute Gasteiger partial charge is 0.260 e. The number of likely N-dealkylation sites (N-methyl/N-ethyl adjacent to an activating group) is 1. The monoisotopic (exact) mass is 397 g/mol. The Labute approximate surface area is 169 Å². The first-order valence-corrected chi connectivity index (χ1v) is 9.14. The Morgan fingerprint density at radius 3 is 2.45 bits per heavy atom. The van der Waals surface area contributed by atoms with E-state index in [-0.39, 0.29) is 19.1 Å². The van der Waals surface area contributed by atoms with E-state index in [2.05, 4.69) is 10.1 Å². The van der Waals surface area contributed by atoms with Crippen LogP contribution in [0.2, 0.25) is 0 Å². The zero-order valence-corrected chi connectivity index (χ0v) is 16.6. The molecule has 2 aromatic carbocycles. The lowest BCUT2D eigenvalue weighted by Crippen LogP contribution is -2.34. The van der Waals surface area contributed by atoms with Crippen molar-refractivity contribution < 1.29 is 23.5 Å². The molecule has 0 atom stereocenters. The van der Waals surface area contributed by atoms with E-state index in [4.69, 9.17) is 18.7 Å². The van der Waals surface area contributed by atoms with E-state index in [0.717, 1.165) is 11.3 Å². The standard InChI is InChI=1S/C21H23N3O5/c1-4-24(20(25)14-28-18-7-5-6-17(12-18)27-3)13-19-22-21(23-29-19)15-8-10-16(26-2)11-9-15/h5-12H,4,13-14H2,1-3H3. The van der Waals surface area contributed by atoms with Crippen molar-refractivity contribution in [1.82, 2.24) is 15.0 Å². The van der Waals surface area contributed by atoms with Crippen molar-refractivity contribution in [3.63, 3.8) is 0 Å². The molecular weight excluding hydrogens is 374 g/mol. The van der Waals surface area contributed by atoms with Crippen LogP contribution in [0.3, 0.4) is 0 Å². The first kappa shape index (κ1) is 20.2. The molecule has 0 unspecified atom stereocenters. The molecule has 8 nitrogen and oxygen atoms in total. The maximum Gasteiger partial charge on any atom is 0.260 e. The van der Waals surface area contributed by atoms with Gasteiger partial charge in [-0.2, -0.15) is 4.98 Å². The lowest BCUT2D eigenvalue weighted by molar-refractivity contribution is -0.134. The number of methoxy groups -OCH3 is 2. The SMILES string of the molecule is CCN(Cc1nc(-c2ccc(OC)cc2)no1)C(=O)COc1cccc(OC)c1. The van der Waals surface area contributed by atoms with Gasteiger partial charge in [-0.1, -0.05) is 11.2 Å². The molecule has 0 saturated carbocycles. The molecule has 0 aliphatic heterocycles. The highest BCUT2D eigenvalue weighted by atomic mass is 16.5. The molecule has 0 bridgehead atoms. The van der Waals surface area contributed by atoms with Crippen LogP contribution in [0.1, 0.15) is 12.8 Å². The molecule has 0 spiro atoms. The van der Waals surface area contributed by atoms with E-state index in [1.54, 1.807) is 37.3 Å². The lowest BCUT2D eigenvalue weighted by atomic mass is 10.2. The van der Waals surface area contributed by atoms with Crippen LogP contribution in [-0.2, 0) is 11.3 Å². The summed E-state index contributed by atoms with van der Waals surface area (Å²) in [5.41, 5.74) is 0.802. The van der Waals surface area contributed by atoms with E-state index in [1.807, 2.05) is 37.3 Å². The molecule has 29 heavy (non-hydrogen) atoms. The number of nitrogens with zero attached hydrogens (tertiary/aromatic N) is 3. The second-order valence-corrected chi connectivity index (χ2v) is 6.12. The number of aromatic nitrogens is 2. The van der Waals surface area contributed by atoms with E-state index >= 15 is 0 Å². The minimum absolute atomic E-state index is 0.0967. The third-order valence-electron chi connectivity index (χ3n) is 4.28. The van der Waals surface area contributed by atoms with Gasteiger partial charge in [-0.15, -0.1) is 0 Å². The molecule has 0 aliphatic rings. The molecule has 3 rings (SSSR count). The summed E-state index contributed by atoms with van der Waals surface area (Å²) in [6.45, 7) is 2.48. The minimum atomic E-state index is -0.181. The predicted octanol–water partition coefficient (Wildman–Crippen LogP) is 3.18. The summed E-state index contributed by atoms with van der Waals surface area (Å²) in [5.74, 6) is 2.61. The summed E-state index contributed by atoms with van der Waals surface area (Å²) in [6, 6.07) is 14.4. The van der Waals surface area contributed by atoms with Crippen LogP contribution in [0.4, 0.5) is 0 Å². The molecular formula is C21H23N3O5. The number of amides is 1. The van der Waals surface area contributed by atoms with Gasteiger partial charge in [0.25, 0.3) is 5.91 Å². The Balaban J connectivity index is 1.60. The van der Waals surface area contributed by atoms with Gasteiger partial charge in [-0.25, -0.2) is 0 Å². The number of hydrogen-bond donors (Lipinski definition) is 0. The average molecular weight is 397 g/mol. The van der Waals surface area contributed by atoms with Gasteiger partial charge in [0.15, 0.2) is 6.61 Å². The van der Waals surface area contributed by atoms with Crippen LogP contribution in [0.5, 0.6) is 17.2 Å². The first-order chi connectivity index (χ1) is 14.1. The summed E-state index contributed by atoms with van der Waals surface area (Å²) in [5, 5.41) is 3.99. The Hall–Kier alpha value is -3.55. The third-order valence-corrected chi connectivity index (χ3v) is 4.28. The van der Waals surface area contributed by atoms with Crippen LogP contribution in [0.15, 0.2) is 53.1 Å². The van der Waals surface area contributed by atoms with Crippen molar-refractivity contribution in [2.24, 2.45) is 0 Å². The number of carbonyl (C=O) groups excluding carboxylic acids is 1. The molecule has 0 saturated heterocycles. The van der Waals surface area contributed by atoms with Crippen molar-refractivity contribution >= 4 is 5.91 Å². The highest BCUT2D eigenvalue weighted by Crippen LogP contribution is 2.21. The highest BCUT2D eigenvalue weighted by Gasteiger charge is 2.17. The molecule has 0 aliphatic carbocycles. The quantitative estimate of drug-likeness (QED) is 0.548. The first-order valence-electron chi connectivity index (χ1n) is 9.14. The number of ether oxygens (including phenoxy) is 3. The van der Waals surface area contributed by atoms with Crippen LogP contribution >= 0.6 is 0 Å². The largest absolute Gasteiger partial charge is 0.497 e. The fourth-order valence-electron chi connectivity index (χ4n) is 2.64. The maximum absolute atomic E-state index is 12.5. The van der Waals surface area contributed by atoms with Crippen molar-refractivity contribution in [1.29, 1.82) is 0 Å². The number of hydrogen-bond acceptors (Lipinski definition) is 7. The Morgan fingerprint density at radius 2 is 1.76 bits per heavy atom. The van der Waals surface area contributed by atoms with Crippen molar-refractivity contribution in [3.8, 4) is 28.6 Å². The van der Waals surface area contributed by atoms with Gasteiger partial charge in [0.1, 0.15) is 23.8 Å². The maximum atomic E-state index is 12.5. The zero-order valence-electron chi connectivity index (χ0n) is 16.6. The molecule has 1 aromatic heterocycles. The van der Waals surface area contributed by atoms with E-state index in [1.165, 1.54) is 0 Å². The second-order valence-electron chi connectivity index (χ2n) is 6.12. The summed E-state index contributed by atoms with van der Waals surface area (Å²) < 4.78 is 21.2. The minimum Gasteiger partial charge on any atom is -0.497 e. The Bertz CT molecular complexity index is 939. The zero-order chi connectivity index (χ0) is 20.6. The molecule has 0 N–H and O–H groups in total. The van der Waals surface area contributed by atoms with Gasteiger partial charge < -0.3 is 23.6 Å². The number of carbonyl (C=O) groups is 1. The summed E-state index contributed by atoms with van der Waals surface area (Å²) in [7, 11) is 3.18. The molecule has 152 valence electrons. The van der Waals surface area contributed by atoms with Gasteiger partial charge in [0.05, 0.1) is 14.2 Å². The average Bonchev–Trinajstić information content (AvgIpc) is 3.24. The fraction of sp³-hybridized carbons (Fsp3) is 0.286. The van der Waals surface area contributed by atoms with Crippen LogP contribution in [0, 0.1) is 0 Å². The van der Waals surface area contributed by atoms with Crippen molar-refractivity contribution in [2.75, 3.05) is 27.4 Å². The fourth-order valence-corrected chi connectivity index (χ4v) is 2.64. The summed E-state index contributed by atoms with van der Waals surface area (Å²) in [4.78, 5) is 18.5. The van der Waals surface area contributed by atoms with Gasteiger partial charge in [-0.05, 0) is 43.3 Å². The molecule has 1 amide bonds. The molecule has 0 fully saturated rings. The summed E-state index contributed by atoms with van der Waals surface area (Å²) >= 11 is 0. The van der Waals surface area contributed by atoms with Crippen molar-refractivity contribution in [2.45, 2.75) is 13.5 Å². The van der Waals surface area contributed by atoms with E-state index in [9.17, 15) is 4.79 Å². The van der Waals surface area contributed by atoms with Crippen LogP contribution in [-0.4, -0.2) is 48.3 Å². The van der Waals surface area contributed by atoms with Gasteiger partial charge in [0.2, 0.25) is 11.7 Å². The lowest BCUT2D eigenvalue weighted by Gasteiger charge is -2.19.